The summed E-state index contributed by atoms with van der Waals surface area (Å²) in [7, 11) is -1.79. The van der Waals surface area contributed by atoms with Crippen molar-refractivity contribution in [2.45, 2.75) is 25.3 Å². The summed E-state index contributed by atoms with van der Waals surface area (Å²) in [5.41, 5.74) is 0.427. The molecular weight excluding hydrogens is 260 g/mol. The van der Waals surface area contributed by atoms with Crippen LogP contribution in [0, 0.1) is 0 Å². The number of sulfone groups is 1. The largest absolute Gasteiger partial charge is 0.469 e. The molecule has 0 spiro atoms. The van der Waals surface area contributed by atoms with E-state index in [9.17, 15) is 18.0 Å². The minimum absolute atomic E-state index is 0.0296. The summed E-state index contributed by atoms with van der Waals surface area (Å²) in [5.74, 6) is -0.671. The average Bonchev–Trinajstić information content (AvgIpc) is 2.81. The molecule has 18 heavy (non-hydrogen) atoms. The van der Waals surface area contributed by atoms with Crippen LogP contribution in [0.5, 0.6) is 0 Å². The van der Waals surface area contributed by atoms with Gasteiger partial charge in [0.1, 0.15) is 0 Å². The van der Waals surface area contributed by atoms with Gasteiger partial charge in [-0.15, -0.1) is 0 Å². The lowest BCUT2D eigenvalue weighted by atomic mass is 10.2. The van der Waals surface area contributed by atoms with Crippen molar-refractivity contribution in [1.29, 1.82) is 0 Å². The molecule has 0 aromatic rings. The monoisotopic (exact) mass is 274 g/mol. The number of amides is 1. The highest BCUT2D eigenvalue weighted by Gasteiger charge is 2.38. The van der Waals surface area contributed by atoms with Gasteiger partial charge in [0.05, 0.1) is 43.2 Å². The van der Waals surface area contributed by atoms with Crippen molar-refractivity contribution in [2.24, 2.45) is 5.10 Å². The number of rotatable bonds is 3. The highest BCUT2D eigenvalue weighted by molar-refractivity contribution is 7.91. The first-order valence-electron chi connectivity index (χ1n) is 5.57. The summed E-state index contributed by atoms with van der Waals surface area (Å²) in [5, 5.41) is 5.25. The number of carbonyl (C=O) groups is 2. The molecule has 2 heterocycles. The summed E-state index contributed by atoms with van der Waals surface area (Å²) in [6.07, 6.45) is 0.437. The summed E-state index contributed by atoms with van der Waals surface area (Å²) in [4.78, 5) is 22.8. The van der Waals surface area contributed by atoms with Crippen LogP contribution in [-0.4, -0.2) is 55.7 Å². The van der Waals surface area contributed by atoms with Crippen LogP contribution in [0.25, 0.3) is 0 Å². The quantitative estimate of drug-likeness (QED) is 0.636. The Morgan fingerprint density at radius 1 is 1.56 bits per heavy atom. The summed E-state index contributed by atoms with van der Waals surface area (Å²) < 4.78 is 27.2. The van der Waals surface area contributed by atoms with Crippen molar-refractivity contribution in [1.82, 2.24) is 5.01 Å². The second kappa shape index (κ2) is 4.68. The second-order valence-electron chi connectivity index (χ2n) is 4.39. The van der Waals surface area contributed by atoms with Gasteiger partial charge in [-0.3, -0.25) is 9.59 Å². The number of ether oxygens (including phenoxy) is 1. The van der Waals surface area contributed by atoms with Crippen LogP contribution in [0.15, 0.2) is 5.10 Å². The molecule has 0 aromatic carbocycles. The maximum absolute atomic E-state index is 11.7. The van der Waals surface area contributed by atoms with E-state index in [4.69, 9.17) is 0 Å². The van der Waals surface area contributed by atoms with Gasteiger partial charge >= 0.3 is 5.97 Å². The predicted molar refractivity (Wildman–Crippen MR) is 62.6 cm³/mol. The van der Waals surface area contributed by atoms with Gasteiger partial charge in [0.15, 0.2) is 9.84 Å². The van der Waals surface area contributed by atoms with Gasteiger partial charge < -0.3 is 4.74 Å². The van der Waals surface area contributed by atoms with Gasteiger partial charge in [-0.25, -0.2) is 13.4 Å². The number of nitrogens with zero attached hydrogens (tertiary/aromatic N) is 2. The van der Waals surface area contributed by atoms with Crippen LogP contribution < -0.4 is 0 Å². The van der Waals surface area contributed by atoms with E-state index < -0.39 is 21.8 Å². The Bertz CT molecular complexity index is 510. The Hall–Kier alpha value is -1.44. The van der Waals surface area contributed by atoms with Crippen molar-refractivity contribution in [3.8, 4) is 0 Å². The van der Waals surface area contributed by atoms with E-state index in [2.05, 4.69) is 9.84 Å². The number of hydrogen-bond donors (Lipinski definition) is 0. The van der Waals surface area contributed by atoms with Gasteiger partial charge in [0, 0.05) is 0 Å². The van der Waals surface area contributed by atoms with E-state index in [1.165, 1.54) is 12.1 Å². The SMILES string of the molecule is COC(=O)CC1=NN([C@@H]2CCS(=O)(=O)C2)C(=O)C1. The highest BCUT2D eigenvalue weighted by Crippen LogP contribution is 2.23. The zero-order valence-corrected chi connectivity index (χ0v) is 10.8. The minimum Gasteiger partial charge on any atom is -0.469 e. The molecule has 1 fully saturated rings. The third-order valence-corrected chi connectivity index (χ3v) is 4.74. The Balaban J connectivity index is 2.06. The molecule has 2 aliphatic heterocycles. The van der Waals surface area contributed by atoms with Gasteiger partial charge in [-0.05, 0) is 6.42 Å². The predicted octanol–water partition coefficient (Wildman–Crippen LogP) is -0.675. The molecule has 7 nitrogen and oxygen atoms in total. The molecule has 2 rings (SSSR count). The third-order valence-electron chi connectivity index (χ3n) is 2.99. The standard InChI is InChI=1S/C10H14N2O5S/c1-17-10(14)5-7-4-9(13)12(11-7)8-2-3-18(15,16)6-8/h8H,2-6H2,1H3/t8-/m1/s1. The van der Waals surface area contributed by atoms with Gasteiger partial charge in [-0.1, -0.05) is 0 Å². The van der Waals surface area contributed by atoms with Crippen LogP contribution in [-0.2, 0) is 24.2 Å². The van der Waals surface area contributed by atoms with Crippen molar-refractivity contribution in [2.75, 3.05) is 18.6 Å². The molecule has 0 aromatic heterocycles. The summed E-state index contributed by atoms with van der Waals surface area (Å²) >= 11 is 0. The second-order valence-corrected chi connectivity index (χ2v) is 6.62. The van der Waals surface area contributed by atoms with Gasteiger partial charge in [0.2, 0.25) is 5.91 Å². The minimum atomic E-state index is -3.06. The molecule has 1 saturated heterocycles. The van der Waals surface area contributed by atoms with Crippen LogP contribution >= 0.6 is 0 Å². The fourth-order valence-electron chi connectivity index (χ4n) is 2.09. The lowest BCUT2D eigenvalue weighted by Gasteiger charge is -2.17. The third kappa shape index (κ3) is 2.69. The van der Waals surface area contributed by atoms with Crippen LogP contribution in [0.4, 0.5) is 0 Å². The molecule has 100 valence electrons. The molecule has 0 unspecified atom stereocenters. The van der Waals surface area contributed by atoms with Gasteiger partial charge in [0.25, 0.3) is 0 Å². The number of hydrogen-bond acceptors (Lipinski definition) is 6. The fraction of sp³-hybridized carbons (Fsp3) is 0.700. The van der Waals surface area contributed by atoms with Crippen LogP contribution in [0.1, 0.15) is 19.3 Å². The Kier molecular flexibility index (Phi) is 3.38. The molecule has 1 atom stereocenters. The molecular formula is C10H14N2O5S. The van der Waals surface area contributed by atoms with Crippen LogP contribution in [0.3, 0.4) is 0 Å². The van der Waals surface area contributed by atoms with E-state index >= 15 is 0 Å². The van der Waals surface area contributed by atoms with Crippen molar-refractivity contribution >= 4 is 27.4 Å². The van der Waals surface area contributed by atoms with Crippen LogP contribution in [0.2, 0.25) is 0 Å². The lowest BCUT2D eigenvalue weighted by Crippen LogP contribution is -2.33. The maximum atomic E-state index is 11.7. The Labute approximate surface area is 105 Å². The molecule has 1 amide bonds. The average molecular weight is 274 g/mol. The molecule has 2 aliphatic rings. The smallest absolute Gasteiger partial charge is 0.311 e. The van der Waals surface area contributed by atoms with Crippen molar-refractivity contribution in [3.63, 3.8) is 0 Å². The molecule has 8 heteroatoms. The maximum Gasteiger partial charge on any atom is 0.311 e. The Morgan fingerprint density at radius 2 is 2.28 bits per heavy atom. The van der Waals surface area contributed by atoms with E-state index in [0.717, 1.165) is 0 Å². The van der Waals surface area contributed by atoms with E-state index in [0.29, 0.717) is 12.1 Å². The zero-order valence-electron chi connectivity index (χ0n) is 9.96. The fourth-order valence-corrected chi connectivity index (χ4v) is 3.78. The summed E-state index contributed by atoms with van der Waals surface area (Å²) in [6.45, 7) is 0. The van der Waals surface area contributed by atoms with E-state index in [1.54, 1.807) is 0 Å². The van der Waals surface area contributed by atoms with Crippen molar-refractivity contribution in [3.05, 3.63) is 0 Å². The molecule has 0 radical (unpaired) electrons. The highest BCUT2D eigenvalue weighted by atomic mass is 32.2. The Morgan fingerprint density at radius 3 is 2.83 bits per heavy atom. The lowest BCUT2D eigenvalue weighted by molar-refractivity contribution is -0.139. The molecule has 0 bridgehead atoms. The summed E-state index contributed by atoms with van der Waals surface area (Å²) in [6, 6.07) is -0.391. The first-order valence-corrected chi connectivity index (χ1v) is 7.39. The first kappa shape index (κ1) is 13.0. The molecule has 0 aliphatic carbocycles. The van der Waals surface area contributed by atoms with E-state index in [-0.39, 0.29) is 30.3 Å². The first-order chi connectivity index (χ1) is 8.41. The molecule has 0 N–H and O–H groups in total. The number of hydrazone groups is 1. The molecule has 0 saturated carbocycles. The van der Waals surface area contributed by atoms with Gasteiger partial charge in [-0.2, -0.15) is 5.10 Å². The van der Waals surface area contributed by atoms with Crippen molar-refractivity contribution < 1.29 is 22.7 Å². The normalized spacial score (nSPS) is 26.3. The zero-order chi connectivity index (χ0) is 13.3. The topological polar surface area (TPSA) is 93.1 Å². The van der Waals surface area contributed by atoms with E-state index in [1.807, 2.05) is 0 Å². The number of esters is 1. The number of carbonyl (C=O) groups excluding carboxylic acids is 2. The number of methoxy groups -OCH3 is 1.